The quantitative estimate of drug-likeness (QED) is 0.599. The van der Waals surface area contributed by atoms with Crippen LogP contribution in [0.2, 0.25) is 0 Å². The summed E-state index contributed by atoms with van der Waals surface area (Å²) >= 11 is 0. The Morgan fingerprint density at radius 1 is 1.55 bits per heavy atom. The lowest BCUT2D eigenvalue weighted by Gasteiger charge is -1.88. The normalized spacial score (nSPS) is 10.7. The molecule has 0 saturated carbocycles. The molecule has 0 spiro atoms. The third-order valence-corrected chi connectivity index (χ3v) is 0.800. The Hall–Kier alpha value is -0.170. The van der Waals surface area contributed by atoms with E-state index >= 15 is 0 Å². The molecular formula is C5H15NO4S. The van der Waals surface area contributed by atoms with E-state index in [1.807, 2.05) is 13.8 Å². The van der Waals surface area contributed by atoms with Gasteiger partial charge in [-0.3, -0.25) is 4.55 Å². The molecule has 0 rings (SSSR count). The Bertz CT molecular complexity index is 161. The van der Waals surface area contributed by atoms with Gasteiger partial charge >= 0.3 is 10.4 Å². The van der Waals surface area contributed by atoms with E-state index in [1.165, 1.54) is 6.92 Å². The highest BCUT2D eigenvalue weighted by molar-refractivity contribution is 7.80. The minimum absolute atomic E-state index is 0.0289. The van der Waals surface area contributed by atoms with E-state index in [4.69, 9.17) is 10.3 Å². The average molecular weight is 185 g/mol. The molecular weight excluding hydrogens is 170 g/mol. The van der Waals surface area contributed by atoms with Crippen LogP contribution in [0.1, 0.15) is 20.8 Å². The van der Waals surface area contributed by atoms with Crippen LogP contribution < -0.4 is 5.73 Å². The van der Waals surface area contributed by atoms with Crippen molar-refractivity contribution >= 4 is 10.4 Å². The van der Waals surface area contributed by atoms with Gasteiger partial charge in [-0.1, -0.05) is 13.8 Å². The zero-order valence-corrected chi connectivity index (χ0v) is 7.76. The zero-order chi connectivity index (χ0) is 9.49. The van der Waals surface area contributed by atoms with Gasteiger partial charge in [0.2, 0.25) is 0 Å². The lowest BCUT2D eigenvalue weighted by atomic mass is 10.5. The van der Waals surface area contributed by atoms with Crippen LogP contribution in [0.4, 0.5) is 0 Å². The maximum absolute atomic E-state index is 9.56. The fraction of sp³-hybridized carbons (Fsp3) is 1.00. The first-order valence-corrected chi connectivity index (χ1v) is 4.53. The Morgan fingerprint density at radius 2 is 1.82 bits per heavy atom. The van der Waals surface area contributed by atoms with Crippen LogP contribution >= 0.6 is 0 Å². The predicted octanol–water partition coefficient (Wildman–Crippen LogP) is 0.179. The Kier molecular flexibility index (Phi) is 7.97. The van der Waals surface area contributed by atoms with E-state index in [0.717, 1.165) is 0 Å². The van der Waals surface area contributed by atoms with Gasteiger partial charge in [0.05, 0.1) is 6.61 Å². The van der Waals surface area contributed by atoms with Gasteiger partial charge in [-0.05, 0) is 13.0 Å². The standard InChI is InChI=1S/C3H9N.C2H6O4S/c1-3(2)4;1-2-6-7(3,4)5/h3H,4H2,1-2H3;2H2,1H3,(H,3,4,5). The van der Waals surface area contributed by atoms with Crippen molar-refractivity contribution in [2.75, 3.05) is 6.61 Å². The molecule has 0 heterocycles. The summed E-state index contributed by atoms with van der Waals surface area (Å²) in [5.74, 6) is 0. The third kappa shape index (κ3) is 41.1. The van der Waals surface area contributed by atoms with Gasteiger partial charge in [0, 0.05) is 0 Å². The van der Waals surface area contributed by atoms with Crippen molar-refractivity contribution in [3.63, 3.8) is 0 Å². The van der Waals surface area contributed by atoms with Gasteiger partial charge in [-0.2, -0.15) is 8.42 Å². The van der Waals surface area contributed by atoms with Gasteiger partial charge in [-0.25, -0.2) is 4.18 Å². The average Bonchev–Trinajstić information content (AvgIpc) is 1.58. The minimum atomic E-state index is -4.17. The summed E-state index contributed by atoms with van der Waals surface area (Å²) in [6.45, 7) is 5.33. The molecule has 3 N–H and O–H groups in total. The van der Waals surface area contributed by atoms with E-state index < -0.39 is 10.4 Å². The Balaban J connectivity index is 0. The van der Waals surface area contributed by atoms with Gasteiger partial charge in [0.15, 0.2) is 0 Å². The van der Waals surface area contributed by atoms with Crippen molar-refractivity contribution in [1.82, 2.24) is 0 Å². The summed E-state index contributed by atoms with van der Waals surface area (Å²) in [5, 5.41) is 0. The van der Waals surface area contributed by atoms with Crippen LogP contribution in [0.3, 0.4) is 0 Å². The van der Waals surface area contributed by atoms with Crippen LogP contribution in [-0.4, -0.2) is 25.6 Å². The lowest BCUT2D eigenvalue weighted by molar-refractivity contribution is 0.283. The Labute approximate surface area is 67.5 Å². The molecule has 6 heteroatoms. The van der Waals surface area contributed by atoms with Crippen molar-refractivity contribution in [2.45, 2.75) is 26.8 Å². The molecule has 0 aromatic heterocycles. The smallest absolute Gasteiger partial charge is 0.328 e. The molecule has 0 fully saturated rings. The number of nitrogens with two attached hydrogens (primary N) is 1. The number of hydrogen-bond donors (Lipinski definition) is 2. The first kappa shape index (κ1) is 13.4. The molecule has 11 heavy (non-hydrogen) atoms. The summed E-state index contributed by atoms with van der Waals surface area (Å²) in [4.78, 5) is 0. The van der Waals surface area contributed by atoms with Crippen molar-refractivity contribution in [3.05, 3.63) is 0 Å². The predicted molar refractivity (Wildman–Crippen MR) is 42.5 cm³/mol. The fourth-order valence-electron chi connectivity index (χ4n) is 0.149. The van der Waals surface area contributed by atoms with Crippen LogP contribution in [0, 0.1) is 0 Å². The lowest BCUT2D eigenvalue weighted by Crippen LogP contribution is -2.06. The van der Waals surface area contributed by atoms with Gasteiger partial charge in [0.25, 0.3) is 0 Å². The van der Waals surface area contributed by atoms with Crippen molar-refractivity contribution in [3.8, 4) is 0 Å². The summed E-state index contributed by atoms with van der Waals surface area (Å²) in [7, 11) is -4.17. The molecule has 0 saturated heterocycles. The fourth-order valence-corrected chi connectivity index (χ4v) is 0.447. The number of rotatable bonds is 2. The van der Waals surface area contributed by atoms with Gasteiger partial charge in [-0.15, -0.1) is 0 Å². The van der Waals surface area contributed by atoms with Crippen molar-refractivity contribution in [1.29, 1.82) is 0 Å². The Morgan fingerprint density at radius 3 is 1.82 bits per heavy atom. The molecule has 0 unspecified atom stereocenters. The second kappa shape index (κ2) is 6.53. The highest BCUT2D eigenvalue weighted by Crippen LogP contribution is 1.81. The zero-order valence-electron chi connectivity index (χ0n) is 6.94. The van der Waals surface area contributed by atoms with Crippen LogP contribution in [-0.2, 0) is 14.6 Å². The van der Waals surface area contributed by atoms with Crippen LogP contribution in [0.25, 0.3) is 0 Å². The molecule has 0 aliphatic rings. The SMILES string of the molecule is CC(C)N.CCOS(=O)(=O)O. The monoisotopic (exact) mass is 185 g/mol. The second-order valence-electron chi connectivity index (χ2n) is 2.08. The summed E-state index contributed by atoms with van der Waals surface area (Å²) < 4.78 is 30.7. The highest BCUT2D eigenvalue weighted by atomic mass is 32.3. The summed E-state index contributed by atoms with van der Waals surface area (Å²) in [6.07, 6.45) is 0. The molecule has 0 bridgehead atoms. The van der Waals surface area contributed by atoms with E-state index in [1.54, 1.807) is 0 Å². The van der Waals surface area contributed by atoms with Crippen molar-refractivity contribution in [2.24, 2.45) is 5.73 Å². The van der Waals surface area contributed by atoms with Crippen molar-refractivity contribution < 1.29 is 17.2 Å². The first-order chi connectivity index (χ1) is 4.79. The largest absolute Gasteiger partial charge is 0.397 e. The molecule has 70 valence electrons. The van der Waals surface area contributed by atoms with Gasteiger partial charge < -0.3 is 5.73 Å². The first-order valence-electron chi connectivity index (χ1n) is 3.17. The van der Waals surface area contributed by atoms with Gasteiger partial charge in [0.1, 0.15) is 0 Å². The van der Waals surface area contributed by atoms with E-state index in [-0.39, 0.29) is 6.61 Å². The topological polar surface area (TPSA) is 89.6 Å². The molecule has 0 aromatic carbocycles. The third-order valence-electron chi connectivity index (χ3n) is 0.267. The summed E-state index contributed by atoms with van der Waals surface area (Å²) in [6, 6.07) is 0.333. The van der Waals surface area contributed by atoms with E-state index in [0.29, 0.717) is 6.04 Å². The molecule has 0 atom stereocenters. The second-order valence-corrected chi connectivity index (χ2v) is 3.17. The van der Waals surface area contributed by atoms with E-state index in [9.17, 15) is 8.42 Å². The molecule has 0 aliphatic carbocycles. The van der Waals surface area contributed by atoms with Crippen LogP contribution in [0.5, 0.6) is 0 Å². The van der Waals surface area contributed by atoms with E-state index in [2.05, 4.69) is 4.18 Å². The molecule has 0 aliphatic heterocycles. The number of hydrogen-bond acceptors (Lipinski definition) is 4. The maximum atomic E-state index is 9.56. The molecule has 0 amide bonds. The molecule has 5 nitrogen and oxygen atoms in total. The molecule has 0 radical (unpaired) electrons. The van der Waals surface area contributed by atoms with Crippen LogP contribution in [0.15, 0.2) is 0 Å². The molecule has 0 aromatic rings. The minimum Gasteiger partial charge on any atom is -0.328 e. The maximum Gasteiger partial charge on any atom is 0.397 e. The highest BCUT2D eigenvalue weighted by Gasteiger charge is 1.98. The summed E-state index contributed by atoms with van der Waals surface area (Å²) in [5.41, 5.74) is 5.11.